The van der Waals surface area contributed by atoms with Gasteiger partial charge in [-0.3, -0.25) is 4.79 Å². The van der Waals surface area contributed by atoms with Crippen LogP contribution in [0.1, 0.15) is 30.4 Å². The smallest absolute Gasteiger partial charge is 0.223 e. The van der Waals surface area contributed by atoms with Crippen molar-refractivity contribution in [2.45, 2.75) is 25.8 Å². The number of carbonyl (C=O) groups is 1. The van der Waals surface area contributed by atoms with E-state index in [9.17, 15) is 4.79 Å². The molecule has 1 unspecified atom stereocenters. The summed E-state index contributed by atoms with van der Waals surface area (Å²) in [5.41, 5.74) is 1.70. The molecule has 3 heteroatoms. The number of benzene rings is 1. The van der Waals surface area contributed by atoms with E-state index in [1.165, 1.54) is 0 Å². The van der Waals surface area contributed by atoms with Crippen molar-refractivity contribution in [2.75, 3.05) is 7.05 Å². The lowest BCUT2D eigenvalue weighted by Gasteiger charge is -2.19. The van der Waals surface area contributed by atoms with Gasteiger partial charge in [0, 0.05) is 20.0 Å². The van der Waals surface area contributed by atoms with Gasteiger partial charge >= 0.3 is 0 Å². The Kier molecular flexibility index (Phi) is 4.35. The Morgan fingerprint density at radius 3 is 2.74 bits per heavy atom. The first-order chi connectivity index (χ1) is 9.19. The molecule has 0 aromatic heterocycles. The zero-order valence-corrected chi connectivity index (χ0v) is 11.2. The SMILES string of the molecule is CN(Cc1ccc(C#N)cc1)C(=O)CC1C=CCC1. The molecule has 19 heavy (non-hydrogen) atoms. The lowest BCUT2D eigenvalue weighted by Crippen LogP contribution is -2.27. The summed E-state index contributed by atoms with van der Waals surface area (Å²) in [5, 5.41) is 8.74. The lowest BCUT2D eigenvalue weighted by molar-refractivity contribution is -0.131. The van der Waals surface area contributed by atoms with Crippen LogP contribution < -0.4 is 0 Å². The van der Waals surface area contributed by atoms with E-state index in [2.05, 4.69) is 18.2 Å². The molecule has 98 valence electrons. The molecule has 1 aromatic carbocycles. The molecule has 0 N–H and O–H groups in total. The summed E-state index contributed by atoms with van der Waals surface area (Å²) in [6.45, 7) is 0.598. The zero-order valence-electron chi connectivity index (χ0n) is 11.2. The highest BCUT2D eigenvalue weighted by Crippen LogP contribution is 2.21. The molecule has 1 aliphatic rings. The number of rotatable bonds is 4. The molecule has 1 amide bonds. The molecule has 0 heterocycles. The lowest BCUT2D eigenvalue weighted by atomic mass is 10.0. The van der Waals surface area contributed by atoms with E-state index in [1.807, 2.05) is 19.2 Å². The summed E-state index contributed by atoms with van der Waals surface area (Å²) < 4.78 is 0. The van der Waals surface area contributed by atoms with E-state index in [1.54, 1.807) is 17.0 Å². The molecular weight excluding hydrogens is 236 g/mol. The van der Waals surface area contributed by atoms with E-state index in [-0.39, 0.29) is 5.91 Å². The minimum atomic E-state index is 0.181. The van der Waals surface area contributed by atoms with Gasteiger partial charge in [-0.05, 0) is 36.5 Å². The fourth-order valence-corrected chi connectivity index (χ4v) is 2.29. The van der Waals surface area contributed by atoms with E-state index in [4.69, 9.17) is 5.26 Å². The Labute approximate surface area is 114 Å². The Bertz CT molecular complexity index is 511. The van der Waals surface area contributed by atoms with Crippen molar-refractivity contribution in [1.82, 2.24) is 4.90 Å². The zero-order chi connectivity index (χ0) is 13.7. The molecule has 0 saturated carbocycles. The number of carbonyl (C=O) groups excluding carboxylic acids is 1. The van der Waals surface area contributed by atoms with Crippen LogP contribution in [-0.4, -0.2) is 17.9 Å². The number of nitrogens with zero attached hydrogens (tertiary/aromatic N) is 2. The van der Waals surface area contributed by atoms with Crippen molar-refractivity contribution in [2.24, 2.45) is 5.92 Å². The van der Waals surface area contributed by atoms with E-state index >= 15 is 0 Å². The topological polar surface area (TPSA) is 44.1 Å². The van der Waals surface area contributed by atoms with Crippen LogP contribution >= 0.6 is 0 Å². The molecule has 0 fully saturated rings. The standard InChI is InChI=1S/C16H18N2O/c1-18(16(19)10-13-4-2-3-5-13)12-15-8-6-14(11-17)7-9-15/h2,4,6-9,13H,3,5,10,12H2,1H3. The van der Waals surface area contributed by atoms with Gasteiger partial charge in [-0.1, -0.05) is 24.3 Å². The van der Waals surface area contributed by atoms with Crippen molar-refractivity contribution in [1.29, 1.82) is 5.26 Å². The van der Waals surface area contributed by atoms with E-state index in [0.717, 1.165) is 18.4 Å². The molecule has 1 aromatic rings. The van der Waals surface area contributed by atoms with Gasteiger partial charge in [0.1, 0.15) is 0 Å². The van der Waals surface area contributed by atoms with Crippen LogP contribution in [-0.2, 0) is 11.3 Å². The van der Waals surface area contributed by atoms with Gasteiger partial charge in [-0.2, -0.15) is 5.26 Å². The van der Waals surface area contributed by atoms with Crippen LogP contribution in [0.2, 0.25) is 0 Å². The van der Waals surface area contributed by atoms with Gasteiger partial charge in [0.2, 0.25) is 5.91 Å². The summed E-state index contributed by atoms with van der Waals surface area (Å²) >= 11 is 0. The Hall–Kier alpha value is -2.08. The van der Waals surface area contributed by atoms with Gasteiger partial charge in [0.25, 0.3) is 0 Å². The number of nitriles is 1. The van der Waals surface area contributed by atoms with Crippen LogP contribution in [0.15, 0.2) is 36.4 Å². The largest absolute Gasteiger partial charge is 0.341 e. The minimum absolute atomic E-state index is 0.181. The molecule has 1 aliphatic carbocycles. The van der Waals surface area contributed by atoms with Gasteiger partial charge in [-0.25, -0.2) is 0 Å². The third-order valence-electron chi connectivity index (χ3n) is 3.48. The molecule has 0 bridgehead atoms. The van der Waals surface area contributed by atoms with Crippen LogP contribution in [0.25, 0.3) is 0 Å². The summed E-state index contributed by atoms with van der Waals surface area (Å²) in [5.74, 6) is 0.594. The first kappa shape index (κ1) is 13.4. The minimum Gasteiger partial charge on any atom is -0.341 e. The first-order valence-electron chi connectivity index (χ1n) is 6.58. The molecule has 0 saturated heterocycles. The third-order valence-corrected chi connectivity index (χ3v) is 3.48. The second kappa shape index (κ2) is 6.19. The van der Waals surface area contributed by atoms with E-state index in [0.29, 0.717) is 24.4 Å². The fourth-order valence-electron chi connectivity index (χ4n) is 2.29. The Balaban J connectivity index is 1.88. The highest BCUT2D eigenvalue weighted by atomic mass is 16.2. The molecule has 2 rings (SSSR count). The second-order valence-corrected chi connectivity index (χ2v) is 5.03. The maximum Gasteiger partial charge on any atom is 0.223 e. The summed E-state index contributed by atoms with van der Waals surface area (Å²) in [4.78, 5) is 13.8. The molecular formula is C16H18N2O. The predicted octanol–water partition coefficient (Wildman–Crippen LogP) is 2.87. The van der Waals surface area contributed by atoms with Crippen LogP contribution in [0.5, 0.6) is 0 Å². The molecule has 1 atom stereocenters. The summed E-state index contributed by atoms with van der Waals surface area (Å²) in [6.07, 6.45) is 7.09. The average molecular weight is 254 g/mol. The maximum atomic E-state index is 12.1. The monoisotopic (exact) mass is 254 g/mol. The van der Waals surface area contributed by atoms with Crippen molar-refractivity contribution in [3.05, 3.63) is 47.5 Å². The van der Waals surface area contributed by atoms with Crippen LogP contribution in [0, 0.1) is 17.2 Å². The van der Waals surface area contributed by atoms with Crippen molar-refractivity contribution in [3.63, 3.8) is 0 Å². The highest BCUT2D eigenvalue weighted by Gasteiger charge is 2.16. The van der Waals surface area contributed by atoms with E-state index < -0.39 is 0 Å². The van der Waals surface area contributed by atoms with Crippen LogP contribution in [0.4, 0.5) is 0 Å². The number of hydrogen-bond acceptors (Lipinski definition) is 2. The van der Waals surface area contributed by atoms with Crippen molar-refractivity contribution < 1.29 is 4.79 Å². The predicted molar refractivity (Wildman–Crippen MR) is 74.1 cm³/mol. The second-order valence-electron chi connectivity index (χ2n) is 5.03. The van der Waals surface area contributed by atoms with Gasteiger partial charge < -0.3 is 4.90 Å². The Morgan fingerprint density at radius 1 is 1.42 bits per heavy atom. The molecule has 0 radical (unpaired) electrons. The van der Waals surface area contributed by atoms with Gasteiger partial charge in [0.15, 0.2) is 0 Å². The number of allylic oxidation sites excluding steroid dienone is 2. The Morgan fingerprint density at radius 2 is 2.16 bits per heavy atom. The van der Waals surface area contributed by atoms with Gasteiger partial charge in [0.05, 0.1) is 11.6 Å². The maximum absolute atomic E-state index is 12.1. The van der Waals surface area contributed by atoms with Crippen molar-refractivity contribution in [3.8, 4) is 6.07 Å². The first-order valence-corrected chi connectivity index (χ1v) is 6.58. The summed E-state index contributed by atoms with van der Waals surface area (Å²) in [7, 11) is 1.83. The van der Waals surface area contributed by atoms with Crippen LogP contribution in [0.3, 0.4) is 0 Å². The summed E-state index contributed by atoms with van der Waals surface area (Å²) in [6, 6.07) is 9.46. The quantitative estimate of drug-likeness (QED) is 0.775. The normalized spacial score (nSPS) is 17.2. The third kappa shape index (κ3) is 3.69. The van der Waals surface area contributed by atoms with Gasteiger partial charge in [-0.15, -0.1) is 0 Å². The fraction of sp³-hybridized carbons (Fsp3) is 0.375. The molecule has 3 nitrogen and oxygen atoms in total. The highest BCUT2D eigenvalue weighted by molar-refractivity contribution is 5.76. The molecule has 0 aliphatic heterocycles. The van der Waals surface area contributed by atoms with Crippen molar-refractivity contribution >= 4 is 5.91 Å². The number of hydrogen-bond donors (Lipinski definition) is 0. The average Bonchev–Trinajstić information content (AvgIpc) is 2.92. The molecule has 0 spiro atoms. The number of amides is 1.